The van der Waals surface area contributed by atoms with E-state index >= 15 is 0 Å². The zero-order valence-corrected chi connectivity index (χ0v) is 11.7. The van der Waals surface area contributed by atoms with Crippen LogP contribution < -0.4 is 15.4 Å². The topological polar surface area (TPSA) is 59.1 Å². The van der Waals surface area contributed by atoms with E-state index in [1.54, 1.807) is 25.2 Å². The lowest BCUT2D eigenvalue weighted by molar-refractivity contribution is -0.0498. The minimum atomic E-state index is -2.82. The van der Waals surface area contributed by atoms with Crippen LogP contribution in [0, 0.1) is 0 Å². The van der Waals surface area contributed by atoms with E-state index in [1.165, 1.54) is 12.1 Å². The maximum atomic E-state index is 12.1. The van der Waals surface area contributed by atoms with E-state index in [4.69, 9.17) is 0 Å². The van der Waals surface area contributed by atoms with Crippen molar-refractivity contribution in [3.05, 3.63) is 36.2 Å². The van der Waals surface area contributed by atoms with Gasteiger partial charge in [-0.25, -0.2) is 9.97 Å². The second kappa shape index (κ2) is 6.83. The normalized spacial score (nSPS) is 10.5. The first-order valence-corrected chi connectivity index (χ1v) is 6.48. The summed E-state index contributed by atoms with van der Waals surface area (Å²) >= 11 is 0. The quantitative estimate of drug-likeness (QED) is 0.855. The fourth-order valence-electron chi connectivity index (χ4n) is 1.71. The van der Waals surface area contributed by atoms with Crippen LogP contribution in [0.5, 0.6) is 5.75 Å². The third kappa shape index (κ3) is 4.27. The Balaban J connectivity index is 2.14. The highest BCUT2D eigenvalue weighted by Gasteiger charge is 2.05. The lowest BCUT2D eigenvalue weighted by atomic mass is 10.3. The molecular weight excluding hydrogens is 278 g/mol. The number of ether oxygens (including phenoxy) is 1. The minimum Gasteiger partial charge on any atom is -0.435 e. The number of nitrogens with one attached hydrogen (secondary N) is 2. The molecule has 0 unspecified atom stereocenters. The molecule has 7 heteroatoms. The van der Waals surface area contributed by atoms with Gasteiger partial charge in [0.25, 0.3) is 0 Å². The first-order valence-electron chi connectivity index (χ1n) is 6.48. The van der Waals surface area contributed by atoms with Crippen molar-refractivity contribution in [1.82, 2.24) is 9.97 Å². The van der Waals surface area contributed by atoms with Crippen LogP contribution in [-0.2, 0) is 6.42 Å². The number of halogens is 2. The molecule has 21 heavy (non-hydrogen) atoms. The second-order valence-electron chi connectivity index (χ2n) is 4.19. The maximum absolute atomic E-state index is 12.1. The van der Waals surface area contributed by atoms with E-state index in [1.807, 2.05) is 6.92 Å². The summed E-state index contributed by atoms with van der Waals surface area (Å²) in [5.74, 6) is 2.17. The highest BCUT2D eigenvalue weighted by Crippen LogP contribution is 2.21. The molecule has 2 N–H and O–H groups in total. The molecule has 0 atom stereocenters. The van der Waals surface area contributed by atoms with Gasteiger partial charge in [-0.15, -0.1) is 0 Å². The number of aryl methyl sites for hydroxylation is 1. The summed E-state index contributed by atoms with van der Waals surface area (Å²) in [4.78, 5) is 8.65. The Morgan fingerprint density at radius 3 is 2.38 bits per heavy atom. The predicted molar refractivity (Wildman–Crippen MR) is 77.3 cm³/mol. The summed E-state index contributed by atoms with van der Waals surface area (Å²) in [6.45, 7) is -0.856. The third-order valence-corrected chi connectivity index (χ3v) is 2.70. The van der Waals surface area contributed by atoms with Gasteiger partial charge in [0.15, 0.2) is 0 Å². The van der Waals surface area contributed by atoms with E-state index < -0.39 is 6.61 Å². The van der Waals surface area contributed by atoms with E-state index in [2.05, 4.69) is 25.3 Å². The molecule has 2 rings (SSSR count). The number of hydrogen-bond donors (Lipinski definition) is 2. The Hall–Kier alpha value is -2.44. The van der Waals surface area contributed by atoms with Crippen LogP contribution >= 0.6 is 0 Å². The lowest BCUT2D eigenvalue weighted by Crippen LogP contribution is -2.03. The Labute approximate surface area is 121 Å². The fourth-order valence-corrected chi connectivity index (χ4v) is 1.71. The zero-order chi connectivity index (χ0) is 15.2. The molecule has 0 amide bonds. The summed E-state index contributed by atoms with van der Waals surface area (Å²) in [6.07, 6.45) is 0.714. The molecule has 2 aromatic rings. The van der Waals surface area contributed by atoms with Gasteiger partial charge in [-0.3, -0.25) is 0 Å². The number of alkyl halides is 2. The maximum Gasteiger partial charge on any atom is 0.387 e. The molecular formula is C14H16F2N4O. The van der Waals surface area contributed by atoms with Gasteiger partial charge in [0.05, 0.1) is 0 Å². The highest BCUT2D eigenvalue weighted by molar-refractivity contribution is 5.59. The van der Waals surface area contributed by atoms with Crippen LogP contribution in [0.3, 0.4) is 0 Å². The van der Waals surface area contributed by atoms with E-state index in [-0.39, 0.29) is 5.75 Å². The van der Waals surface area contributed by atoms with Crippen LogP contribution in [0.25, 0.3) is 0 Å². The number of benzene rings is 1. The summed E-state index contributed by atoms with van der Waals surface area (Å²) in [6, 6.07) is 7.99. The first kappa shape index (κ1) is 15.0. The Bertz CT molecular complexity index is 568. The Morgan fingerprint density at radius 1 is 1.14 bits per heavy atom. The molecule has 1 aromatic carbocycles. The molecule has 0 spiro atoms. The summed E-state index contributed by atoms with van der Waals surface area (Å²) < 4.78 is 28.4. The monoisotopic (exact) mass is 294 g/mol. The fraction of sp³-hybridized carbons (Fsp3) is 0.286. The van der Waals surface area contributed by atoms with Gasteiger partial charge in [0, 0.05) is 25.2 Å². The average molecular weight is 294 g/mol. The molecule has 0 aliphatic rings. The number of nitrogens with zero attached hydrogens (tertiary/aromatic N) is 2. The van der Waals surface area contributed by atoms with Crippen LogP contribution in [0.1, 0.15) is 12.7 Å². The van der Waals surface area contributed by atoms with Gasteiger partial charge in [-0.05, 0) is 24.3 Å². The molecule has 0 saturated carbocycles. The first-order chi connectivity index (χ1) is 10.1. The zero-order valence-electron chi connectivity index (χ0n) is 11.7. The van der Waals surface area contributed by atoms with E-state index in [0.717, 1.165) is 5.69 Å². The third-order valence-electron chi connectivity index (χ3n) is 2.70. The van der Waals surface area contributed by atoms with Crippen molar-refractivity contribution in [2.24, 2.45) is 0 Å². The molecule has 5 nitrogen and oxygen atoms in total. The smallest absolute Gasteiger partial charge is 0.387 e. The van der Waals surface area contributed by atoms with Crippen molar-refractivity contribution in [2.45, 2.75) is 20.0 Å². The van der Waals surface area contributed by atoms with Crippen molar-refractivity contribution in [2.75, 3.05) is 17.7 Å². The van der Waals surface area contributed by atoms with Gasteiger partial charge in [-0.1, -0.05) is 6.92 Å². The minimum absolute atomic E-state index is 0.114. The largest absolute Gasteiger partial charge is 0.435 e. The van der Waals surface area contributed by atoms with Gasteiger partial charge in [0.2, 0.25) is 0 Å². The van der Waals surface area contributed by atoms with Crippen LogP contribution in [0.15, 0.2) is 30.3 Å². The van der Waals surface area contributed by atoms with Crippen molar-refractivity contribution in [3.63, 3.8) is 0 Å². The SMILES string of the molecule is CCc1nc(NC)cc(Nc2ccc(OC(F)F)cc2)n1. The standard InChI is InChI=1S/C14H16F2N4O/c1-3-11-19-12(17-2)8-13(20-11)18-9-4-6-10(7-5-9)21-14(15)16/h4-8,14H,3H2,1-2H3,(H2,17,18,19,20). The Kier molecular flexibility index (Phi) is 4.86. The summed E-state index contributed by atoms with van der Waals surface area (Å²) in [7, 11) is 1.78. The summed E-state index contributed by atoms with van der Waals surface area (Å²) in [5.41, 5.74) is 0.722. The van der Waals surface area contributed by atoms with Crippen molar-refractivity contribution >= 4 is 17.3 Å². The molecule has 0 aliphatic heterocycles. The molecule has 0 bridgehead atoms. The Morgan fingerprint density at radius 2 is 1.81 bits per heavy atom. The highest BCUT2D eigenvalue weighted by atomic mass is 19.3. The summed E-state index contributed by atoms with van der Waals surface area (Å²) in [5, 5.41) is 6.06. The van der Waals surface area contributed by atoms with Crippen LogP contribution in [0.4, 0.5) is 26.1 Å². The lowest BCUT2D eigenvalue weighted by Gasteiger charge is -2.10. The van der Waals surface area contributed by atoms with Crippen molar-refractivity contribution in [3.8, 4) is 5.75 Å². The molecule has 0 saturated heterocycles. The number of hydrogen-bond acceptors (Lipinski definition) is 5. The van der Waals surface area contributed by atoms with Crippen LogP contribution in [-0.4, -0.2) is 23.6 Å². The van der Waals surface area contributed by atoms with Gasteiger partial charge in [0.1, 0.15) is 23.2 Å². The molecule has 1 aromatic heterocycles. The van der Waals surface area contributed by atoms with Crippen LogP contribution in [0.2, 0.25) is 0 Å². The molecule has 112 valence electrons. The van der Waals surface area contributed by atoms with E-state index in [0.29, 0.717) is 23.9 Å². The molecule has 0 aliphatic carbocycles. The second-order valence-corrected chi connectivity index (χ2v) is 4.19. The van der Waals surface area contributed by atoms with Crippen molar-refractivity contribution in [1.29, 1.82) is 0 Å². The van der Waals surface area contributed by atoms with Crippen molar-refractivity contribution < 1.29 is 13.5 Å². The molecule has 1 heterocycles. The van der Waals surface area contributed by atoms with Gasteiger partial charge in [-0.2, -0.15) is 8.78 Å². The molecule has 0 radical (unpaired) electrons. The predicted octanol–water partition coefficient (Wildman–Crippen LogP) is 3.43. The van der Waals surface area contributed by atoms with E-state index in [9.17, 15) is 8.78 Å². The average Bonchev–Trinajstić information content (AvgIpc) is 2.48. The number of rotatable bonds is 6. The number of anilines is 3. The van der Waals surface area contributed by atoms with Gasteiger partial charge >= 0.3 is 6.61 Å². The van der Waals surface area contributed by atoms with Gasteiger partial charge < -0.3 is 15.4 Å². The number of aromatic nitrogens is 2. The molecule has 0 fully saturated rings.